The minimum Gasteiger partial charge on any atom is -0.340 e. The monoisotopic (exact) mass is 306 g/mol. The molecule has 2 rings (SSSR count). The van der Waals surface area contributed by atoms with Crippen molar-refractivity contribution in [3.8, 4) is 0 Å². The molecule has 0 atom stereocenters. The van der Waals surface area contributed by atoms with Crippen LogP contribution in [0.4, 0.5) is 4.39 Å². The summed E-state index contributed by atoms with van der Waals surface area (Å²) in [5.74, 6) is -0.486. The van der Waals surface area contributed by atoms with Gasteiger partial charge in [0.25, 0.3) is 0 Å². The van der Waals surface area contributed by atoms with Gasteiger partial charge < -0.3 is 4.90 Å². The molecule has 0 N–H and O–H groups in total. The number of benzene rings is 1. The molecular weight excluding hydrogens is 283 g/mol. The summed E-state index contributed by atoms with van der Waals surface area (Å²) in [5, 5.41) is 0. The first-order valence-electron chi connectivity index (χ1n) is 7.80. The van der Waals surface area contributed by atoms with E-state index in [1.54, 1.807) is 12.1 Å². The minimum absolute atomic E-state index is 0.157. The van der Waals surface area contributed by atoms with Crippen LogP contribution in [0.1, 0.15) is 35.7 Å². The van der Waals surface area contributed by atoms with Crippen LogP contribution in [0.15, 0.2) is 18.2 Å². The van der Waals surface area contributed by atoms with Crippen LogP contribution in [-0.2, 0) is 4.79 Å². The molecule has 0 saturated carbocycles. The van der Waals surface area contributed by atoms with Crippen molar-refractivity contribution < 1.29 is 14.0 Å². The van der Waals surface area contributed by atoms with Gasteiger partial charge in [0.15, 0.2) is 5.78 Å². The molecular formula is C17H23FN2O2. The third-order valence-electron chi connectivity index (χ3n) is 3.98. The molecule has 4 nitrogen and oxygen atoms in total. The topological polar surface area (TPSA) is 40.6 Å². The second kappa shape index (κ2) is 7.49. The van der Waals surface area contributed by atoms with E-state index in [0.29, 0.717) is 32.6 Å². The number of carbonyl (C=O) groups excluding carboxylic acids is 2. The van der Waals surface area contributed by atoms with Gasteiger partial charge in [-0.15, -0.1) is 0 Å². The molecule has 1 aromatic rings. The van der Waals surface area contributed by atoms with Crippen LogP contribution in [0.5, 0.6) is 0 Å². The lowest BCUT2D eigenvalue weighted by molar-refractivity contribution is -0.132. The standard InChI is InChI=1S/C17H23FN2O2/c1-3-4-17(22)20-9-7-19(8-10-20)12-16(21)14-11-13(2)5-6-15(14)18/h5-6,11H,3-4,7-10,12H2,1-2H3. The summed E-state index contributed by atoms with van der Waals surface area (Å²) in [7, 11) is 0. The number of ketones is 1. The van der Waals surface area contributed by atoms with Crippen molar-refractivity contribution in [1.29, 1.82) is 0 Å². The first-order valence-corrected chi connectivity index (χ1v) is 7.80. The third-order valence-corrected chi connectivity index (χ3v) is 3.98. The highest BCUT2D eigenvalue weighted by Gasteiger charge is 2.23. The molecule has 0 radical (unpaired) electrons. The van der Waals surface area contributed by atoms with Crippen molar-refractivity contribution in [2.24, 2.45) is 0 Å². The molecule has 0 spiro atoms. The predicted octanol–water partition coefficient (Wildman–Crippen LogP) is 2.26. The summed E-state index contributed by atoms with van der Waals surface area (Å²) in [6.45, 7) is 6.64. The largest absolute Gasteiger partial charge is 0.340 e. The number of piperazine rings is 1. The average Bonchev–Trinajstić information content (AvgIpc) is 2.50. The maximum Gasteiger partial charge on any atom is 0.222 e. The number of nitrogens with zero attached hydrogens (tertiary/aromatic N) is 2. The van der Waals surface area contributed by atoms with Gasteiger partial charge in [-0.05, 0) is 25.5 Å². The van der Waals surface area contributed by atoms with E-state index in [4.69, 9.17) is 0 Å². The van der Waals surface area contributed by atoms with Crippen LogP contribution in [0.3, 0.4) is 0 Å². The average molecular weight is 306 g/mol. The number of rotatable bonds is 5. The molecule has 22 heavy (non-hydrogen) atoms. The number of amides is 1. The Balaban J connectivity index is 1.89. The van der Waals surface area contributed by atoms with Crippen molar-refractivity contribution in [1.82, 2.24) is 9.80 Å². The van der Waals surface area contributed by atoms with Crippen LogP contribution < -0.4 is 0 Å². The highest BCUT2D eigenvalue weighted by atomic mass is 19.1. The Kier molecular flexibility index (Phi) is 5.66. The Hall–Kier alpha value is -1.75. The Morgan fingerprint density at radius 2 is 1.86 bits per heavy atom. The van der Waals surface area contributed by atoms with Crippen LogP contribution >= 0.6 is 0 Å². The molecule has 1 aromatic carbocycles. The number of aryl methyl sites for hydroxylation is 1. The van der Waals surface area contributed by atoms with Crippen molar-refractivity contribution in [2.45, 2.75) is 26.7 Å². The zero-order valence-corrected chi connectivity index (χ0v) is 13.3. The van der Waals surface area contributed by atoms with E-state index in [1.807, 2.05) is 23.6 Å². The zero-order valence-electron chi connectivity index (χ0n) is 13.3. The molecule has 0 unspecified atom stereocenters. The van der Waals surface area contributed by atoms with E-state index in [0.717, 1.165) is 12.0 Å². The maximum atomic E-state index is 13.7. The fourth-order valence-electron chi connectivity index (χ4n) is 2.67. The van der Waals surface area contributed by atoms with Gasteiger partial charge in [-0.25, -0.2) is 4.39 Å². The minimum atomic E-state index is -0.465. The van der Waals surface area contributed by atoms with E-state index in [-0.39, 0.29) is 23.8 Å². The fourth-order valence-corrected chi connectivity index (χ4v) is 2.67. The van der Waals surface area contributed by atoms with Crippen molar-refractivity contribution in [3.05, 3.63) is 35.1 Å². The molecule has 120 valence electrons. The quantitative estimate of drug-likeness (QED) is 0.784. The molecule has 0 aromatic heterocycles. The normalized spacial score (nSPS) is 15.9. The zero-order chi connectivity index (χ0) is 16.1. The SMILES string of the molecule is CCCC(=O)N1CCN(CC(=O)c2cc(C)ccc2F)CC1. The van der Waals surface area contributed by atoms with Gasteiger partial charge in [0.05, 0.1) is 12.1 Å². The Morgan fingerprint density at radius 3 is 2.50 bits per heavy atom. The smallest absolute Gasteiger partial charge is 0.222 e. The lowest BCUT2D eigenvalue weighted by atomic mass is 10.1. The van der Waals surface area contributed by atoms with Crippen LogP contribution in [0.2, 0.25) is 0 Å². The highest BCUT2D eigenvalue weighted by molar-refractivity contribution is 5.98. The summed E-state index contributed by atoms with van der Waals surface area (Å²) >= 11 is 0. The highest BCUT2D eigenvalue weighted by Crippen LogP contribution is 2.12. The van der Waals surface area contributed by atoms with Crippen molar-refractivity contribution in [3.63, 3.8) is 0 Å². The molecule has 1 heterocycles. The van der Waals surface area contributed by atoms with Gasteiger partial charge in [0, 0.05) is 32.6 Å². The van der Waals surface area contributed by atoms with Crippen LogP contribution in [0.25, 0.3) is 0 Å². The van der Waals surface area contributed by atoms with E-state index >= 15 is 0 Å². The number of carbonyl (C=O) groups is 2. The maximum absolute atomic E-state index is 13.7. The molecule has 1 aliphatic heterocycles. The lowest BCUT2D eigenvalue weighted by Gasteiger charge is -2.34. The van der Waals surface area contributed by atoms with Gasteiger partial charge in [-0.1, -0.05) is 18.6 Å². The van der Waals surface area contributed by atoms with Gasteiger partial charge >= 0.3 is 0 Å². The first-order chi connectivity index (χ1) is 10.5. The fraction of sp³-hybridized carbons (Fsp3) is 0.529. The summed E-state index contributed by atoms with van der Waals surface area (Å²) < 4.78 is 13.7. The molecule has 1 amide bonds. The molecule has 5 heteroatoms. The van der Waals surface area contributed by atoms with Gasteiger partial charge in [0.1, 0.15) is 5.82 Å². The van der Waals surface area contributed by atoms with E-state index in [9.17, 15) is 14.0 Å². The first kappa shape index (κ1) is 16.6. The Bertz CT molecular complexity index is 552. The molecule has 1 fully saturated rings. The summed E-state index contributed by atoms with van der Waals surface area (Å²) in [6, 6.07) is 4.59. The summed E-state index contributed by atoms with van der Waals surface area (Å²) in [5.41, 5.74) is 1.03. The van der Waals surface area contributed by atoms with Gasteiger partial charge in [-0.2, -0.15) is 0 Å². The number of halogens is 1. The van der Waals surface area contributed by atoms with Gasteiger partial charge in [-0.3, -0.25) is 14.5 Å². The number of Topliss-reactive ketones (excluding diaryl/α,β-unsaturated/α-hetero) is 1. The second-order valence-corrected chi connectivity index (χ2v) is 5.81. The van der Waals surface area contributed by atoms with Crippen molar-refractivity contribution >= 4 is 11.7 Å². The van der Waals surface area contributed by atoms with Gasteiger partial charge in [0.2, 0.25) is 5.91 Å². The molecule has 0 aliphatic carbocycles. The van der Waals surface area contributed by atoms with Crippen molar-refractivity contribution in [2.75, 3.05) is 32.7 Å². The molecule has 0 bridgehead atoms. The summed E-state index contributed by atoms with van der Waals surface area (Å²) in [6.07, 6.45) is 1.43. The summed E-state index contributed by atoms with van der Waals surface area (Å²) in [4.78, 5) is 27.9. The van der Waals surface area contributed by atoms with E-state index < -0.39 is 5.82 Å². The molecule has 1 aliphatic rings. The van der Waals surface area contributed by atoms with Crippen LogP contribution in [0, 0.1) is 12.7 Å². The second-order valence-electron chi connectivity index (χ2n) is 5.81. The molecule has 1 saturated heterocycles. The third kappa shape index (κ3) is 4.13. The number of hydrogen-bond acceptors (Lipinski definition) is 3. The van der Waals surface area contributed by atoms with Crippen LogP contribution in [-0.4, -0.2) is 54.2 Å². The lowest BCUT2D eigenvalue weighted by Crippen LogP contribution is -2.49. The Morgan fingerprint density at radius 1 is 1.18 bits per heavy atom. The number of hydrogen-bond donors (Lipinski definition) is 0. The van der Waals surface area contributed by atoms with E-state index in [1.165, 1.54) is 6.07 Å². The van der Waals surface area contributed by atoms with E-state index in [2.05, 4.69) is 0 Å². The predicted molar refractivity (Wildman–Crippen MR) is 83.4 cm³/mol. The Labute approximate surface area is 130 Å².